The quantitative estimate of drug-likeness (QED) is 0.632. The summed E-state index contributed by atoms with van der Waals surface area (Å²) >= 11 is 0. The Morgan fingerprint density at radius 2 is 1.87 bits per heavy atom. The molecule has 2 saturated heterocycles. The van der Waals surface area contributed by atoms with Crippen LogP contribution in [0.2, 0.25) is 0 Å². The highest BCUT2D eigenvalue weighted by Crippen LogP contribution is 2.36. The summed E-state index contributed by atoms with van der Waals surface area (Å²) in [5, 5.41) is 3.62. The maximum Gasteiger partial charge on any atom is 0.243 e. The molecule has 0 bridgehead atoms. The third kappa shape index (κ3) is 4.42. The smallest absolute Gasteiger partial charge is 0.243 e. The molecule has 1 aromatic carbocycles. The van der Waals surface area contributed by atoms with Crippen molar-refractivity contribution < 1.29 is 17.9 Å². The Morgan fingerprint density at radius 3 is 2.43 bits per heavy atom. The largest absolute Gasteiger partial charge is 0.385 e. The van der Waals surface area contributed by atoms with Crippen molar-refractivity contribution in [3.63, 3.8) is 0 Å². The lowest BCUT2D eigenvalue weighted by Gasteiger charge is -2.44. The molecule has 2 fully saturated rings. The molecule has 0 saturated carbocycles. The van der Waals surface area contributed by atoms with Gasteiger partial charge in [-0.2, -0.15) is 4.31 Å². The molecule has 2 atom stereocenters. The summed E-state index contributed by atoms with van der Waals surface area (Å²) in [6.45, 7) is 8.14. The van der Waals surface area contributed by atoms with Crippen molar-refractivity contribution in [2.24, 2.45) is 5.92 Å². The lowest BCUT2D eigenvalue weighted by Crippen LogP contribution is -2.59. The van der Waals surface area contributed by atoms with E-state index in [9.17, 15) is 13.2 Å². The van der Waals surface area contributed by atoms with Gasteiger partial charge in [0.05, 0.1) is 16.6 Å². The molecule has 2 aliphatic rings. The monoisotopic (exact) mass is 437 g/mol. The molecule has 1 aromatic rings. The van der Waals surface area contributed by atoms with E-state index in [-0.39, 0.29) is 17.9 Å². The second-order valence-electron chi connectivity index (χ2n) is 8.59. The number of rotatable bonds is 8. The predicted octanol–water partition coefficient (Wildman–Crippen LogP) is 2.36. The topological polar surface area (TPSA) is 79.0 Å². The molecule has 0 aromatic heterocycles. The van der Waals surface area contributed by atoms with Crippen LogP contribution < -0.4 is 5.32 Å². The molecular weight excluding hydrogens is 402 g/mol. The molecule has 1 amide bonds. The van der Waals surface area contributed by atoms with Crippen LogP contribution in [0, 0.1) is 12.8 Å². The SMILES string of the molecule is CC[C@H](C)[C@H]1NC2(CCN(S(=O)(=O)c3ccc(C)cc3)CC2)N(CCCOC)C1=O. The van der Waals surface area contributed by atoms with Gasteiger partial charge in [0.25, 0.3) is 0 Å². The van der Waals surface area contributed by atoms with Crippen LogP contribution in [-0.2, 0) is 19.6 Å². The second kappa shape index (κ2) is 9.34. The van der Waals surface area contributed by atoms with Crippen molar-refractivity contribution in [1.82, 2.24) is 14.5 Å². The van der Waals surface area contributed by atoms with Gasteiger partial charge in [0.1, 0.15) is 0 Å². The minimum absolute atomic E-state index is 0.135. The van der Waals surface area contributed by atoms with E-state index in [1.807, 2.05) is 24.0 Å². The average Bonchev–Trinajstić information content (AvgIpc) is 3.00. The van der Waals surface area contributed by atoms with Gasteiger partial charge in [0, 0.05) is 33.4 Å². The number of nitrogens with one attached hydrogen (secondary N) is 1. The zero-order valence-electron chi connectivity index (χ0n) is 18.6. The first-order valence-electron chi connectivity index (χ1n) is 10.9. The highest BCUT2D eigenvalue weighted by molar-refractivity contribution is 7.89. The van der Waals surface area contributed by atoms with E-state index in [0.29, 0.717) is 44.0 Å². The first kappa shape index (κ1) is 23.2. The number of ether oxygens (including phenoxy) is 1. The molecule has 2 heterocycles. The van der Waals surface area contributed by atoms with Crippen molar-refractivity contribution in [1.29, 1.82) is 0 Å². The van der Waals surface area contributed by atoms with Gasteiger partial charge in [-0.3, -0.25) is 10.1 Å². The normalized spacial score (nSPS) is 23.3. The predicted molar refractivity (Wildman–Crippen MR) is 116 cm³/mol. The van der Waals surface area contributed by atoms with E-state index in [1.165, 1.54) is 0 Å². The van der Waals surface area contributed by atoms with Gasteiger partial charge in [-0.05, 0) is 44.2 Å². The maximum absolute atomic E-state index is 13.2. The van der Waals surface area contributed by atoms with Crippen molar-refractivity contribution >= 4 is 15.9 Å². The summed E-state index contributed by atoms with van der Waals surface area (Å²) in [7, 11) is -1.87. The number of hydrogen-bond donors (Lipinski definition) is 1. The fourth-order valence-electron chi connectivity index (χ4n) is 4.49. The highest BCUT2D eigenvalue weighted by atomic mass is 32.2. The number of sulfonamides is 1. The van der Waals surface area contributed by atoms with E-state index in [0.717, 1.165) is 18.4 Å². The number of carbonyl (C=O) groups is 1. The highest BCUT2D eigenvalue weighted by Gasteiger charge is 2.53. The molecule has 0 unspecified atom stereocenters. The number of aryl methyl sites for hydroxylation is 1. The zero-order chi connectivity index (χ0) is 21.9. The van der Waals surface area contributed by atoms with Crippen LogP contribution in [0.3, 0.4) is 0 Å². The standard InChI is InChI=1S/C22H35N3O4S/c1-5-18(3)20-21(26)25(13-6-16-29-4)22(23-20)11-14-24(15-12-22)30(27,28)19-9-7-17(2)8-10-19/h7-10,18,20,23H,5-6,11-16H2,1-4H3/t18-,20+/m0/s1. The van der Waals surface area contributed by atoms with Gasteiger partial charge in [-0.15, -0.1) is 0 Å². The van der Waals surface area contributed by atoms with Gasteiger partial charge >= 0.3 is 0 Å². The number of benzene rings is 1. The minimum Gasteiger partial charge on any atom is -0.385 e. The summed E-state index contributed by atoms with van der Waals surface area (Å²) in [4.78, 5) is 15.5. The van der Waals surface area contributed by atoms with Crippen molar-refractivity contribution in [3.05, 3.63) is 29.8 Å². The van der Waals surface area contributed by atoms with Crippen LogP contribution in [0.5, 0.6) is 0 Å². The lowest BCUT2D eigenvalue weighted by atomic mass is 9.96. The first-order chi connectivity index (χ1) is 14.2. The Labute approximate surface area is 180 Å². The van der Waals surface area contributed by atoms with Crippen LogP contribution in [0.4, 0.5) is 0 Å². The molecule has 1 N–H and O–H groups in total. The second-order valence-corrected chi connectivity index (χ2v) is 10.5. The van der Waals surface area contributed by atoms with E-state index in [1.54, 1.807) is 23.5 Å². The molecule has 30 heavy (non-hydrogen) atoms. The maximum atomic E-state index is 13.2. The summed E-state index contributed by atoms with van der Waals surface area (Å²) in [6.07, 6.45) is 2.86. The fraction of sp³-hybridized carbons (Fsp3) is 0.682. The van der Waals surface area contributed by atoms with Crippen LogP contribution in [0.25, 0.3) is 0 Å². The zero-order valence-corrected chi connectivity index (χ0v) is 19.4. The van der Waals surface area contributed by atoms with Crippen molar-refractivity contribution in [2.45, 2.75) is 63.1 Å². The minimum atomic E-state index is -3.53. The van der Waals surface area contributed by atoms with Gasteiger partial charge in [-0.1, -0.05) is 38.0 Å². The molecule has 168 valence electrons. The lowest BCUT2D eigenvalue weighted by molar-refractivity contribution is -0.134. The van der Waals surface area contributed by atoms with Gasteiger partial charge in [0.15, 0.2) is 0 Å². The van der Waals surface area contributed by atoms with E-state index in [2.05, 4.69) is 19.2 Å². The Hall–Kier alpha value is -1.48. The number of amides is 1. The number of piperidine rings is 1. The van der Waals surface area contributed by atoms with Crippen LogP contribution >= 0.6 is 0 Å². The van der Waals surface area contributed by atoms with E-state index >= 15 is 0 Å². The number of carbonyl (C=O) groups excluding carboxylic acids is 1. The average molecular weight is 438 g/mol. The van der Waals surface area contributed by atoms with E-state index < -0.39 is 15.7 Å². The Balaban J connectivity index is 1.77. The summed E-state index contributed by atoms with van der Waals surface area (Å²) in [6, 6.07) is 6.77. The van der Waals surface area contributed by atoms with Crippen molar-refractivity contribution in [3.8, 4) is 0 Å². The molecule has 0 radical (unpaired) electrons. The Morgan fingerprint density at radius 1 is 1.23 bits per heavy atom. The van der Waals surface area contributed by atoms with Gasteiger partial charge in [0.2, 0.25) is 15.9 Å². The molecule has 7 nitrogen and oxygen atoms in total. The number of nitrogens with zero attached hydrogens (tertiary/aromatic N) is 2. The molecule has 1 spiro atoms. The van der Waals surface area contributed by atoms with Gasteiger partial charge in [-0.25, -0.2) is 8.42 Å². The van der Waals surface area contributed by atoms with Gasteiger partial charge < -0.3 is 9.64 Å². The third-order valence-electron chi connectivity index (χ3n) is 6.62. The fourth-order valence-corrected chi connectivity index (χ4v) is 5.93. The van der Waals surface area contributed by atoms with Crippen LogP contribution in [0.1, 0.15) is 45.1 Å². The molecule has 8 heteroatoms. The molecular formula is C22H35N3O4S. The molecule has 0 aliphatic carbocycles. The summed E-state index contributed by atoms with van der Waals surface area (Å²) in [5.41, 5.74) is 0.557. The molecule has 2 aliphatic heterocycles. The Kier molecular flexibility index (Phi) is 7.22. The third-order valence-corrected chi connectivity index (χ3v) is 8.54. The van der Waals surface area contributed by atoms with Crippen molar-refractivity contribution in [2.75, 3.05) is 33.4 Å². The first-order valence-corrected chi connectivity index (χ1v) is 12.3. The Bertz CT molecular complexity index is 832. The van der Waals surface area contributed by atoms with Crippen LogP contribution in [-0.4, -0.2) is 68.6 Å². The molecule has 3 rings (SSSR count). The number of methoxy groups -OCH3 is 1. The van der Waals surface area contributed by atoms with Crippen LogP contribution in [0.15, 0.2) is 29.2 Å². The number of hydrogen-bond acceptors (Lipinski definition) is 5. The summed E-state index contributed by atoms with van der Waals surface area (Å²) in [5.74, 6) is 0.367. The van der Waals surface area contributed by atoms with E-state index in [4.69, 9.17) is 4.74 Å². The summed E-state index contributed by atoms with van der Waals surface area (Å²) < 4.78 is 32.9.